The van der Waals surface area contributed by atoms with E-state index in [1.807, 2.05) is 0 Å². The van der Waals surface area contributed by atoms with Gasteiger partial charge in [0, 0.05) is 52.4 Å². The third kappa shape index (κ3) is 4.35. The zero-order valence-corrected chi connectivity index (χ0v) is 14.8. The van der Waals surface area contributed by atoms with Gasteiger partial charge < -0.3 is 10.2 Å². The fourth-order valence-electron chi connectivity index (χ4n) is 3.11. The van der Waals surface area contributed by atoms with Crippen LogP contribution in [0.25, 0.3) is 0 Å². The number of carbonyl (C=O) groups is 1. The molecule has 0 atom stereocenters. The third-order valence-electron chi connectivity index (χ3n) is 4.59. The van der Waals surface area contributed by atoms with Crippen LogP contribution >= 0.6 is 0 Å². The molecule has 1 amide bonds. The number of carbonyl (C=O) groups excluding carboxylic acids is 1. The molecule has 2 aliphatic rings. The van der Waals surface area contributed by atoms with Gasteiger partial charge in [-0.25, -0.2) is 12.8 Å². The third-order valence-corrected chi connectivity index (χ3v) is 6.49. The summed E-state index contributed by atoms with van der Waals surface area (Å²) < 4.78 is 39.8. The molecule has 0 radical (unpaired) electrons. The molecule has 9 heteroatoms. The lowest BCUT2D eigenvalue weighted by Crippen LogP contribution is -2.54. The van der Waals surface area contributed by atoms with Crippen LogP contribution in [-0.2, 0) is 14.8 Å². The topological polar surface area (TPSA) is 73.0 Å². The van der Waals surface area contributed by atoms with Crippen molar-refractivity contribution in [3.05, 3.63) is 30.1 Å². The monoisotopic (exact) mass is 370 g/mol. The van der Waals surface area contributed by atoms with Crippen molar-refractivity contribution in [2.24, 2.45) is 0 Å². The number of sulfonamides is 1. The number of nitrogens with zero attached hydrogens (tertiary/aromatic N) is 3. The Morgan fingerprint density at radius 1 is 1.08 bits per heavy atom. The average molecular weight is 370 g/mol. The van der Waals surface area contributed by atoms with E-state index in [2.05, 4.69) is 10.2 Å². The van der Waals surface area contributed by atoms with Crippen molar-refractivity contribution in [1.29, 1.82) is 0 Å². The van der Waals surface area contributed by atoms with Gasteiger partial charge in [-0.05, 0) is 18.2 Å². The van der Waals surface area contributed by atoms with Gasteiger partial charge >= 0.3 is 0 Å². The molecule has 1 aromatic carbocycles. The molecular weight excluding hydrogens is 347 g/mol. The molecule has 0 spiro atoms. The van der Waals surface area contributed by atoms with Gasteiger partial charge in [0.2, 0.25) is 15.9 Å². The van der Waals surface area contributed by atoms with Gasteiger partial charge in [0.05, 0.1) is 11.4 Å². The maximum Gasteiger partial charge on any atom is 0.243 e. The largest absolute Gasteiger partial charge is 0.339 e. The fourth-order valence-corrected chi connectivity index (χ4v) is 4.57. The van der Waals surface area contributed by atoms with E-state index in [1.54, 1.807) is 4.90 Å². The van der Waals surface area contributed by atoms with Crippen LogP contribution in [0.2, 0.25) is 0 Å². The van der Waals surface area contributed by atoms with Crippen LogP contribution in [0.1, 0.15) is 0 Å². The van der Waals surface area contributed by atoms with Crippen LogP contribution in [0.4, 0.5) is 4.39 Å². The van der Waals surface area contributed by atoms with Gasteiger partial charge in [-0.3, -0.25) is 9.69 Å². The summed E-state index contributed by atoms with van der Waals surface area (Å²) in [6.45, 7) is 5.01. The van der Waals surface area contributed by atoms with Crippen LogP contribution in [0.5, 0.6) is 0 Å². The lowest BCUT2D eigenvalue weighted by molar-refractivity contribution is -0.133. The number of hydrogen-bond acceptors (Lipinski definition) is 5. The molecule has 1 aromatic rings. The van der Waals surface area contributed by atoms with Gasteiger partial charge in [-0.15, -0.1) is 0 Å². The van der Waals surface area contributed by atoms with E-state index >= 15 is 0 Å². The summed E-state index contributed by atoms with van der Waals surface area (Å²) in [4.78, 5) is 16.1. The van der Waals surface area contributed by atoms with Crippen LogP contribution in [0, 0.1) is 5.82 Å². The lowest BCUT2D eigenvalue weighted by Gasteiger charge is -2.35. The van der Waals surface area contributed by atoms with Crippen LogP contribution in [0.3, 0.4) is 0 Å². The van der Waals surface area contributed by atoms with E-state index in [9.17, 15) is 17.6 Å². The Morgan fingerprint density at radius 3 is 2.40 bits per heavy atom. The molecule has 0 aliphatic carbocycles. The van der Waals surface area contributed by atoms with Crippen molar-refractivity contribution in [1.82, 2.24) is 19.4 Å². The molecule has 25 heavy (non-hydrogen) atoms. The Balaban J connectivity index is 1.56. The lowest BCUT2D eigenvalue weighted by atomic mass is 10.3. The predicted octanol–water partition coefficient (Wildman–Crippen LogP) is -0.436. The average Bonchev–Trinajstić information content (AvgIpc) is 2.62. The molecule has 0 aromatic heterocycles. The maximum atomic E-state index is 13.3. The molecule has 2 heterocycles. The first-order chi connectivity index (χ1) is 12.0. The van der Waals surface area contributed by atoms with Gasteiger partial charge in [0.25, 0.3) is 0 Å². The molecule has 2 fully saturated rings. The van der Waals surface area contributed by atoms with E-state index in [-0.39, 0.29) is 23.9 Å². The molecule has 3 rings (SSSR count). The van der Waals surface area contributed by atoms with Crippen molar-refractivity contribution in [2.45, 2.75) is 4.90 Å². The van der Waals surface area contributed by atoms with Crippen LogP contribution in [0.15, 0.2) is 29.2 Å². The number of rotatable bonds is 4. The first kappa shape index (κ1) is 18.2. The molecule has 138 valence electrons. The zero-order chi connectivity index (χ0) is 17.9. The molecule has 2 aliphatic heterocycles. The minimum Gasteiger partial charge on any atom is -0.339 e. The Hall–Kier alpha value is -1.55. The molecule has 0 bridgehead atoms. The Bertz CT molecular complexity index is 714. The first-order valence-corrected chi connectivity index (χ1v) is 9.87. The molecule has 7 nitrogen and oxygen atoms in total. The van der Waals surface area contributed by atoms with Crippen molar-refractivity contribution < 1.29 is 17.6 Å². The number of piperazine rings is 2. The molecule has 1 N–H and O–H groups in total. The summed E-state index contributed by atoms with van der Waals surface area (Å²) in [5, 5.41) is 3.24. The molecular formula is C16H23FN4O3S. The zero-order valence-electron chi connectivity index (χ0n) is 14.0. The van der Waals surface area contributed by atoms with Gasteiger partial charge in [-0.1, -0.05) is 6.07 Å². The summed E-state index contributed by atoms with van der Waals surface area (Å²) in [7, 11) is -3.72. The van der Waals surface area contributed by atoms with Crippen molar-refractivity contribution in [3.8, 4) is 0 Å². The second-order valence-corrected chi connectivity index (χ2v) is 8.21. The van der Waals surface area contributed by atoms with Crippen LogP contribution in [-0.4, -0.2) is 87.3 Å². The summed E-state index contributed by atoms with van der Waals surface area (Å²) >= 11 is 0. The standard InChI is InChI=1S/C16H23FN4O3S/c17-14-2-1-3-15(12-14)25(23,24)21-10-8-20(9-11-21)16(22)13-19-6-4-18-5-7-19/h1-3,12,18H,4-11,13H2. The summed E-state index contributed by atoms with van der Waals surface area (Å²) in [6, 6.07) is 5.01. The van der Waals surface area contributed by atoms with Gasteiger partial charge in [0.1, 0.15) is 5.82 Å². The number of nitrogens with one attached hydrogen (secondary N) is 1. The SMILES string of the molecule is O=C(CN1CCNCC1)N1CCN(S(=O)(=O)c2cccc(F)c2)CC1. The van der Waals surface area contributed by atoms with Crippen molar-refractivity contribution >= 4 is 15.9 Å². The summed E-state index contributed by atoms with van der Waals surface area (Å²) in [5.41, 5.74) is 0. The summed E-state index contributed by atoms with van der Waals surface area (Å²) in [5.74, 6) is -0.546. The minimum absolute atomic E-state index is 0.0321. The highest BCUT2D eigenvalue weighted by Crippen LogP contribution is 2.18. The van der Waals surface area contributed by atoms with Crippen molar-refractivity contribution in [3.63, 3.8) is 0 Å². The second-order valence-electron chi connectivity index (χ2n) is 6.27. The fraction of sp³-hybridized carbons (Fsp3) is 0.562. The Morgan fingerprint density at radius 2 is 1.76 bits per heavy atom. The van der Waals surface area contributed by atoms with E-state index in [0.29, 0.717) is 19.6 Å². The highest BCUT2D eigenvalue weighted by molar-refractivity contribution is 7.89. The van der Waals surface area contributed by atoms with E-state index in [4.69, 9.17) is 0 Å². The summed E-state index contributed by atoms with van der Waals surface area (Å²) in [6.07, 6.45) is 0. The normalized spacial score (nSPS) is 20.6. The maximum absolute atomic E-state index is 13.3. The highest BCUT2D eigenvalue weighted by Gasteiger charge is 2.30. The number of halogens is 1. The van der Waals surface area contributed by atoms with Gasteiger partial charge in [-0.2, -0.15) is 4.31 Å². The Labute approximate surface area is 147 Å². The highest BCUT2D eigenvalue weighted by atomic mass is 32.2. The smallest absolute Gasteiger partial charge is 0.243 e. The molecule has 0 unspecified atom stereocenters. The van der Waals surface area contributed by atoms with Crippen LogP contribution < -0.4 is 5.32 Å². The van der Waals surface area contributed by atoms with E-state index < -0.39 is 15.8 Å². The second kappa shape index (κ2) is 7.77. The number of amides is 1. The number of benzene rings is 1. The van der Waals surface area contributed by atoms with Gasteiger partial charge in [0.15, 0.2) is 0 Å². The van der Waals surface area contributed by atoms with E-state index in [1.165, 1.54) is 22.5 Å². The quantitative estimate of drug-likeness (QED) is 0.778. The van der Waals surface area contributed by atoms with Crippen molar-refractivity contribution in [2.75, 3.05) is 58.9 Å². The first-order valence-electron chi connectivity index (χ1n) is 8.43. The van der Waals surface area contributed by atoms with E-state index in [0.717, 1.165) is 32.2 Å². The minimum atomic E-state index is -3.72. The number of hydrogen-bond donors (Lipinski definition) is 1. The molecule has 0 saturated carbocycles. The Kier molecular flexibility index (Phi) is 5.67. The predicted molar refractivity (Wildman–Crippen MR) is 91.0 cm³/mol. The molecule has 2 saturated heterocycles.